The van der Waals surface area contributed by atoms with E-state index in [1.807, 2.05) is 12.3 Å². The molecule has 3 unspecified atom stereocenters. The molecule has 2 aromatic rings. The number of pyridine rings is 1. The molecule has 2 aliphatic carbocycles. The summed E-state index contributed by atoms with van der Waals surface area (Å²) in [6, 6.07) is 11.5. The van der Waals surface area contributed by atoms with Crippen LogP contribution in [0.5, 0.6) is 0 Å². The fourth-order valence-electron chi connectivity index (χ4n) is 4.52. The lowest BCUT2D eigenvalue weighted by molar-refractivity contribution is 0.457. The van der Waals surface area contributed by atoms with E-state index in [0.29, 0.717) is 6.04 Å². The van der Waals surface area contributed by atoms with Crippen molar-refractivity contribution in [1.82, 2.24) is 10.3 Å². The summed E-state index contributed by atoms with van der Waals surface area (Å²) in [6.07, 6.45) is 7.67. The number of fused-ring (bicyclic) bond motifs is 2. The molecule has 0 radical (unpaired) electrons. The van der Waals surface area contributed by atoms with Gasteiger partial charge in [0.2, 0.25) is 0 Å². The fraction of sp³-hybridized carbons (Fsp3) is 0.526. The van der Waals surface area contributed by atoms with Crippen molar-refractivity contribution in [2.45, 2.75) is 38.6 Å². The maximum absolute atomic E-state index is 4.53. The predicted octanol–water partition coefficient (Wildman–Crippen LogP) is 4.32. The van der Waals surface area contributed by atoms with E-state index in [0.717, 1.165) is 29.8 Å². The van der Waals surface area contributed by atoms with Crippen LogP contribution >= 0.6 is 0 Å². The first-order valence-electron chi connectivity index (χ1n) is 8.46. The summed E-state index contributed by atoms with van der Waals surface area (Å²) < 4.78 is 0. The molecule has 21 heavy (non-hydrogen) atoms. The van der Waals surface area contributed by atoms with E-state index >= 15 is 0 Å². The van der Waals surface area contributed by atoms with Crippen molar-refractivity contribution in [3.63, 3.8) is 0 Å². The van der Waals surface area contributed by atoms with E-state index in [1.165, 1.54) is 36.6 Å². The number of hydrogen-bond donors (Lipinski definition) is 1. The average Bonchev–Trinajstić information content (AvgIpc) is 3.26. The van der Waals surface area contributed by atoms with Gasteiger partial charge in [-0.2, -0.15) is 0 Å². The van der Waals surface area contributed by atoms with E-state index in [1.54, 1.807) is 0 Å². The Morgan fingerprint density at radius 1 is 1.19 bits per heavy atom. The van der Waals surface area contributed by atoms with Crippen molar-refractivity contribution < 1.29 is 0 Å². The number of benzene rings is 1. The quantitative estimate of drug-likeness (QED) is 0.902. The predicted molar refractivity (Wildman–Crippen MR) is 87.1 cm³/mol. The van der Waals surface area contributed by atoms with E-state index in [2.05, 4.69) is 41.5 Å². The molecule has 0 amide bonds. The van der Waals surface area contributed by atoms with Gasteiger partial charge < -0.3 is 5.32 Å². The minimum absolute atomic E-state index is 0.523. The van der Waals surface area contributed by atoms with Crippen molar-refractivity contribution in [3.05, 3.63) is 42.1 Å². The van der Waals surface area contributed by atoms with E-state index < -0.39 is 0 Å². The molecule has 2 nitrogen and oxygen atoms in total. The van der Waals surface area contributed by atoms with Crippen LogP contribution < -0.4 is 5.32 Å². The molecule has 1 aromatic carbocycles. The Hall–Kier alpha value is -1.41. The van der Waals surface area contributed by atoms with Gasteiger partial charge in [-0.1, -0.05) is 38.0 Å². The van der Waals surface area contributed by atoms with Gasteiger partial charge in [0.15, 0.2) is 0 Å². The maximum atomic E-state index is 4.53. The van der Waals surface area contributed by atoms with Gasteiger partial charge in [-0.15, -0.1) is 0 Å². The number of nitrogens with one attached hydrogen (secondary N) is 1. The molecule has 0 bridgehead atoms. The van der Waals surface area contributed by atoms with E-state index in [9.17, 15) is 0 Å². The largest absolute Gasteiger partial charge is 0.310 e. The minimum Gasteiger partial charge on any atom is -0.310 e. The zero-order valence-corrected chi connectivity index (χ0v) is 12.8. The Kier molecular flexibility index (Phi) is 3.42. The molecule has 1 aromatic heterocycles. The molecular weight excluding hydrogens is 256 g/mol. The van der Waals surface area contributed by atoms with Crippen LogP contribution in [-0.2, 0) is 0 Å². The zero-order valence-electron chi connectivity index (χ0n) is 12.8. The second-order valence-electron chi connectivity index (χ2n) is 6.68. The highest BCUT2D eigenvalue weighted by atomic mass is 14.9. The Balaban J connectivity index is 1.66. The van der Waals surface area contributed by atoms with Crippen LogP contribution in [0.25, 0.3) is 10.9 Å². The molecule has 3 atom stereocenters. The first kappa shape index (κ1) is 13.3. The summed E-state index contributed by atoms with van der Waals surface area (Å²) in [5, 5.41) is 4.99. The Bertz CT molecular complexity index is 624. The normalized spacial score (nSPS) is 29.1. The van der Waals surface area contributed by atoms with Crippen molar-refractivity contribution in [2.24, 2.45) is 17.8 Å². The molecule has 0 spiro atoms. The van der Waals surface area contributed by atoms with Gasteiger partial charge in [-0.05, 0) is 54.8 Å². The summed E-state index contributed by atoms with van der Waals surface area (Å²) in [5.41, 5.74) is 2.56. The van der Waals surface area contributed by atoms with Crippen molar-refractivity contribution in [1.29, 1.82) is 0 Å². The topological polar surface area (TPSA) is 24.9 Å². The van der Waals surface area contributed by atoms with Gasteiger partial charge in [0.25, 0.3) is 0 Å². The third-order valence-corrected chi connectivity index (χ3v) is 5.52. The highest BCUT2D eigenvalue weighted by Crippen LogP contribution is 2.60. The van der Waals surface area contributed by atoms with Crippen LogP contribution in [0.4, 0.5) is 0 Å². The summed E-state index contributed by atoms with van der Waals surface area (Å²) in [5.74, 6) is 2.80. The smallest absolute Gasteiger partial charge is 0.0705 e. The second-order valence-corrected chi connectivity index (χ2v) is 6.68. The lowest BCUT2D eigenvalue weighted by Gasteiger charge is -2.19. The SMILES string of the molecule is CCNC(c1ccc2cccnc2c1)C1C2CCCCC21. The van der Waals surface area contributed by atoms with Crippen LogP contribution in [-0.4, -0.2) is 11.5 Å². The second kappa shape index (κ2) is 5.42. The zero-order chi connectivity index (χ0) is 14.2. The molecule has 110 valence electrons. The first-order valence-corrected chi connectivity index (χ1v) is 8.46. The standard InChI is InChI=1S/C19H24N2/c1-2-20-19(18-15-7-3-4-8-16(15)18)14-10-9-13-6-5-11-21-17(13)12-14/h5-6,9-12,15-16,18-20H,2-4,7-8H2,1H3. The lowest BCUT2D eigenvalue weighted by atomic mass is 9.98. The number of rotatable bonds is 4. The van der Waals surface area contributed by atoms with Crippen LogP contribution in [0, 0.1) is 17.8 Å². The number of hydrogen-bond acceptors (Lipinski definition) is 2. The number of aromatic nitrogens is 1. The van der Waals surface area contributed by atoms with E-state index in [-0.39, 0.29) is 0 Å². The molecular formula is C19H24N2. The van der Waals surface area contributed by atoms with Crippen LogP contribution in [0.15, 0.2) is 36.5 Å². The molecule has 2 heteroatoms. The van der Waals surface area contributed by atoms with Crippen molar-refractivity contribution in [3.8, 4) is 0 Å². The Labute approximate surface area is 127 Å². The van der Waals surface area contributed by atoms with Crippen molar-refractivity contribution in [2.75, 3.05) is 6.54 Å². The van der Waals surface area contributed by atoms with Crippen LogP contribution in [0.2, 0.25) is 0 Å². The van der Waals surface area contributed by atoms with Gasteiger partial charge in [-0.3, -0.25) is 4.98 Å². The highest BCUT2D eigenvalue weighted by molar-refractivity contribution is 5.79. The summed E-state index contributed by atoms with van der Waals surface area (Å²) >= 11 is 0. The van der Waals surface area contributed by atoms with Gasteiger partial charge in [-0.25, -0.2) is 0 Å². The summed E-state index contributed by atoms with van der Waals surface area (Å²) in [4.78, 5) is 4.53. The molecule has 0 aliphatic heterocycles. The lowest BCUT2D eigenvalue weighted by Crippen LogP contribution is -2.23. The Morgan fingerprint density at radius 3 is 2.76 bits per heavy atom. The molecule has 1 N–H and O–H groups in total. The average molecular weight is 280 g/mol. The van der Waals surface area contributed by atoms with Crippen molar-refractivity contribution >= 4 is 10.9 Å². The molecule has 4 rings (SSSR count). The molecule has 2 aliphatic rings. The maximum Gasteiger partial charge on any atom is 0.0705 e. The van der Waals surface area contributed by atoms with Gasteiger partial charge in [0.1, 0.15) is 0 Å². The molecule has 2 saturated carbocycles. The van der Waals surface area contributed by atoms with E-state index in [4.69, 9.17) is 0 Å². The summed E-state index contributed by atoms with van der Waals surface area (Å²) in [6.45, 7) is 3.26. The van der Waals surface area contributed by atoms with Gasteiger partial charge >= 0.3 is 0 Å². The van der Waals surface area contributed by atoms with Crippen LogP contribution in [0.1, 0.15) is 44.2 Å². The van der Waals surface area contributed by atoms with Crippen LogP contribution in [0.3, 0.4) is 0 Å². The Morgan fingerprint density at radius 2 is 2.00 bits per heavy atom. The minimum atomic E-state index is 0.523. The third-order valence-electron chi connectivity index (χ3n) is 5.52. The van der Waals surface area contributed by atoms with Gasteiger partial charge in [0, 0.05) is 17.6 Å². The highest BCUT2D eigenvalue weighted by Gasteiger charge is 2.54. The third kappa shape index (κ3) is 2.36. The first-order chi connectivity index (χ1) is 10.4. The fourth-order valence-corrected chi connectivity index (χ4v) is 4.52. The molecule has 0 saturated heterocycles. The monoisotopic (exact) mass is 280 g/mol. The molecule has 1 heterocycles. The number of nitrogens with zero attached hydrogens (tertiary/aromatic N) is 1. The van der Waals surface area contributed by atoms with Gasteiger partial charge in [0.05, 0.1) is 5.52 Å². The molecule has 2 fully saturated rings. The summed E-state index contributed by atoms with van der Waals surface area (Å²) in [7, 11) is 0.